The molecule has 0 aliphatic carbocycles. The zero-order valence-corrected chi connectivity index (χ0v) is 12.7. The van der Waals surface area contributed by atoms with Crippen molar-refractivity contribution in [1.82, 2.24) is 5.32 Å². The quantitative estimate of drug-likeness (QED) is 0.781. The molecule has 1 N–H and O–H groups in total. The summed E-state index contributed by atoms with van der Waals surface area (Å²) < 4.78 is 18.0. The molecule has 0 saturated heterocycles. The third-order valence-electron chi connectivity index (χ3n) is 3.11. The van der Waals surface area contributed by atoms with Crippen LogP contribution in [-0.4, -0.2) is 25.2 Å². The molecule has 0 aliphatic heterocycles. The lowest BCUT2D eigenvalue weighted by Gasteiger charge is -2.23. The molecule has 0 aliphatic rings. The van der Waals surface area contributed by atoms with Gasteiger partial charge in [-0.05, 0) is 43.4 Å². The monoisotopic (exact) mass is 281 g/mol. The number of halogens is 1. The Labute approximate surface area is 120 Å². The van der Waals surface area contributed by atoms with E-state index in [0.717, 1.165) is 12.0 Å². The highest BCUT2D eigenvalue weighted by Gasteiger charge is 2.22. The van der Waals surface area contributed by atoms with Gasteiger partial charge in [-0.1, -0.05) is 26.0 Å². The SMILES string of the molecule is COC(=O)C(CC(C)C)NC(C)Cc1cccc(F)c1. The van der Waals surface area contributed by atoms with Crippen LogP contribution in [0.25, 0.3) is 0 Å². The van der Waals surface area contributed by atoms with Crippen LogP contribution in [0.5, 0.6) is 0 Å². The van der Waals surface area contributed by atoms with Crippen molar-refractivity contribution in [1.29, 1.82) is 0 Å². The highest BCUT2D eigenvalue weighted by Crippen LogP contribution is 2.10. The summed E-state index contributed by atoms with van der Waals surface area (Å²) in [4.78, 5) is 11.7. The van der Waals surface area contributed by atoms with Crippen molar-refractivity contribution in [3.05, 3.63) is 35.6 Å². The van der Waals surface area contributed by atoms with Crippen LogP contribution in [0.15, 0.2) is 24.3 Å². The summed E-state index contributed by atoms with van der Waals surface area (Å²) in [6, 6.07) is 6.29. The molecule has 0 heterocycles. The lowest BCUT2D eigenvalue weighted by molar-refractivity contribution is -0.143. The first-order valence-electron chi connectivity index (χ1n) is 7.00. The van der Waals surface area contributed by atoms with E-state index in [2.05, 4.69) is 19.2 Å². The van der Waals surface area contributed by atoms with Gasteiger partial charge in [0.1, 0.15) is 11.9 Å². The van der Waals surface area contributed by atoms with Crippen molar-refractivity contribution in [3.8, 4) is 0 Å². The number of benzene rings is 1. The van der Waals surface area contributed by atoms with Gasteiger partial charge in [-0.15, -0.1) is 0 Å². The lowest BCUT2D eigenvalue weighted by Crippen LogP contribution is -2.44. The molecule has 1 rings (SSSR count). The minimum atomic E-state index is -0.316. The van der Waals surface area contributed by atoms with Crippen molar-refractivity contribution in [2.24, 2.45) is 5.92 Å². The molecule has 0 spiro atoms. The Kier molecular flexibility index (Phi) is 6.65. The normalized spacial score (nSPS) is 14.1. The van der Waals surface area contributed by atoms with E-state index < -0.39 is 0 Å². The predicted octanol–water partition coefficient (Wildman–Crippen LogP) is 2.93. The van der Waals surface area contributed by atoms with Crippen molar-refractivity contribution >= 4 is 5.97 Å². The number of nitrogens with one attached hydrogen (secondary N) is 1. The highest BCUT2D eigenvalue weighted by molar-refractivity contribution is 5.75. The van der Waals surface area contributed by atoms with Gasteiger partial charge in [0.05, 0.1) is 7.11 Å². The van der Waals surface area contributed by atoms with Crippen molar-refractivity contribution in [3.63, 3.8) is 0 Å². The second-order valence-corrected chi connectivity index (χ2v) is 5.61. The summed E-state index contributed by atoms with van der Waals surface area (Å²) in [6.45, 7) is 6.12. The molecule has 2 atom stereocenters. The Morgan fingerprint density at radius 3 is 2.60 bits per heavy atom. The molecule has 0 aromatic heterocycles. The molecule has 4 heteroatoms. The largest absolute Gasteiger partial charge is 0.468 e. The molecule has 112 valence electrons. The van der Waals surface area contributed by atoms with Gasteiger partial charge < -0.3 is 10.1 Å². The third-order valence-corrected chi connectivity index (χ3v) is 3.11. The summed E-state index contributed by atoms with van der Waals surface area (Å²) in [6.07, 6.45) is 1.39. The molecule has 1 aromatic carbocycles. The zero-order chi connectivity index (χ0) is 15.1. The van der Waals surface area contributed by atoms with Gasteiger partial charge in [-0.3, -0.25) is 4.79 Å². The molecule has 0 saturated carbocycles. The van der Waals surface area contributed by atoms with E-state index in [4.69, 9.17) is 4.74 Å². The molecule has 1 aromatic rings. The molecule has 20 heavy (non-hydrogen) atoms. The summed E-state index contributed by atoms with van der Waals surface area (Å²) >= 11 is 0. The van der Waals surface area contributed by atoms with Gasteiger partial charge in [-0.25, -0.2) is 4.39 Å². The Bertz CT molecular complexity index is 434. The number of hydrogen-bond donors (Lipinski definition) is 1. The minimum absolute atomic E-state index is 0.0691. The average Bonchev–Trinajstić information content (AvgIpc) is 2.36. The van der Waals surface area contributed by atoms with Gasteiger partial charge in [0, 0.05) is 6.04 Å². The fourth-order valence-corrected chi connectivity index (χ4v) is 2.27. The molecular weight excluding hydrogens is 257 g/mol. The topological polar surface area (TPSA) is 38.3 Å². The third kappa shape index (κ3) is 5.70. The maximum Gasteiger partial charge on any atom is 0.322 e. The van der Waals surface area contributed by atoms with E-state index >= 15 is 0 Å². The molecule has 0 bridgehead atoms. The number of hydrogen-bond acceptors (Lipinski definition) is 3. The first-order chi connectivity index (χ1) is 9.42. The lowest BCUT2D eigenvalue weighted by atomic mass is 10.0. The first kappa shape index (κ1) is 16.6. The van der Waals surface area contributed by atoms with Gasteiger partial charge in [0.25, 0.3) is 0 Å². The maximum absolute atomic E-state index is 13.1. The second-order valence-electron chi connectivity index (χ2n) is 5.61. The number of methoxy groups -OCH3 is 1. The van der Waals surface area contributed by atoms with Crippen LogP contribution < -0.4 is 5.32 Å². The molecule has 0 radical (unpaired) electrons. The molecule has 0 fully saturated rings. The van der Waals surface area contributed by atoms with E-state index in [0.29, 0.717) is 12.3 Å². The standard InChI is InChI=1S/C16H24FNO2/c1-11(2)8-15(16(19)20-4)18-12(3)9-13-6-5-7-14(17)10-13/h5-7,10-12,15,18H,8-9H2,1-4H3. The fraction of sp³-hybridized carbons (Fsp3) is 0.562. The molecule has 3 nitrogen and oxygen atoms in total. The molecule has 2 unspecified atom stereocenters. The first-order valence-corrected chi connectivity index (χ1v) is 7.00. The van der Waals surface area contributed by atoms with E-state index in [1.54, 1.807) is 6.07 Å². The summed E-state index contributed by atoms with van der Waals surface area (Å²) in [5.41, 5.74) is 0.915. The molecular formula is C16H24FNO2. The van der Waals surface area contributed by atoms with Gasteiger partial charge in [-0.2, -0.15) is 0 Å². The predicted molar refractivity (Wildman–Crippen MR) is 78.0 cm³/mol. The van der Waals surface area contributed by atoms with Crippen LogP contribution in [-0.2, 0) is 16.0 Å². The van der Waals surface area contributed by atoms with Crippen molar-refractivity contribution < 1.29 is 13.9 Å². The van der Waals surface area contributed by atoms with Crippen LogP contribution in [0, 0.1) is 11.7 Å². The molecule has 0 amide bonds. The van der Waals surface area contributed by atoms with Crippen molar-refractivity contribution in [2.75, 3.05) is 7.11 Å². The number of carbonyl (C=O) groups is 1. The zero-order valence-electron chi connectivity index (χ0n) is 12.7. The fourth-order valence-electron chi connectivity index (χ4n) is 2.27. The Balaban J connectivity index is 2.61. The van der Waals surface area contributed by atoms with Crippen molar-refractivity contribution in [2.45, 2.75) is 45.7 Å². The number of ether oxygens (including phenoxy) is 1. The number of rotatable bonds is 7. The highest BCUT2D eigenvalue weighted by atomic mass is 19.1. The van der Waals surface area contributed by atoms with Gasteiger partial charge in [0.2, 0.25) is 0 Å². The van der Waals surface area contributed by atoms with E-state index in [9.17, 15) is 9.18 Å². The van der Waals surface area contributed by atoms with Crippen LogP contribution in [0.4, 0.5) is 4.39 Å². The van der Waals surface area contributed by atoms with Crippen LogP contribution in [0.3, 0.4) is 0 Å². The van der Waals surface area contributed by atoms with E-state index in [1.165, 1.54) is 19.2 Å². The van der Waals surface area contributed by atoms with E-state index in [1.807, 2.05) is 13.0 Å². The van der Waals surface area contributed by atoms with Crippen LogP contribution in [0.2, 0.25) is 0 Å². The number of carbonyl (C=O) groups excluding carboxylic acids is 1. The summed E-state index contributed by atoms with van der Waals surface area (Å²) in [7, 11) is 1.40. The minimum Gasteiger partial charge on any atom is -0.468 e. The van der Waals surface area contributed by atoms with Crippen LogP contribution in [0.1, 0.15) is 32.8 Å². The Morgan fingerprint density at radius 2 is 2.05 bits per heavy atom. The van der Waals surface area contributed by atoms with E-state index in [-0.39, 0.29) is 23.9 Å². The maximum atomic E-state index is 13.1. The summed E-state index contributed by atoms with van der Waals surface area (Å²) in [5.74, 6) is -0.0841. The van der Waals surface area contributed by atoms with Gasteiger partial charge in [0.15, 0.2) is 0 Å². The Morgan fingerprint density at radius 1 is 1.35 bits per heavy atom. The second kappa shape index (κ2) is 8.00. The van der Waals surface area contributed by atoms with Crippen LogP contribution >= 0.6 is 0 Å². The average molecular weight is 281 g/mol. The Hall–Kier alpha value is -1.42. The smallest absolute Gasteiger partial charge is 0.322 e. The number of esters is 1. The van der Waals surface area contributed by atoms with Gasteiger partial charge >= 0.3 is 5.97 Å². The summed E-state index contributed by atoms with van der Waals surface area (Å²) in [5, 5.41) is 3.27.